The van der Waals surface area contributed by atoms with Gasteiger partial charge >= 0.3 is 0 Å². The van der Waals surface area contributed by atoms with Gasteiger partial charge in [0.05, 0.1) is 4.34 Å². The number of hydrogen-bond donors (Lipinski definition) is 1. The molecule has 0 fully saturated rings. The molecule has 1 heterocycles. The molecule has 0 aliphatic rings. The van der Waals surface area contributed by atoms with E-state index >= 15 is 0 Å². The molecule has 0 amide bonds. The minimum absolute atomic E-state index is 0.161. The molecule has 68 valence electrons. The Labute approximate surface area is 82.7 Å². The first-order chi connectivity index (χ1) is 5.53. The zero-order chi connectivity index (χ0) is 9.19. The van der Waals surface area contributed by atoms with Crippen molar-refractivity contribution in [3.8, 4) is 0 Å². The van der Waals surface area contributed by atoms with Crippen LogP contribution in [0.25, 0.3) is 0 Å². The lowest BCUT2D eigenvalue weighted by Gasteiger charge is -2.22. The lowest BCUT2D eigenvalue weighted by Crippen LogP contribution is -2.38. The van der Waals surface area contributed by atoms with E-state index in [-0.39, 0.29) is 5.54 Å². The number of halogens is 1. The van der Waals surface area contributed by atoms with E-state index in [0.29, 0.717) is 0 Å². The molecule has 12 heavy (non-hydrogen) atoms. The molecule has 0 saturated heterocycles. The standard InChI is InChI=1S/C9H14ClNS/c1-9(2,11-3)6-7-4-5-8(10)12-7/h4-5,11H,6H2,1-3H3. The number of likely N-dealkylation sites (N-methyl/N-ethyl adjacent to an activating group) is 1. The van der Waals surface area contributed by atoms with Gasteiger partial charge in [-0.3, -0.25) is 0 Å². The Hall–Kier alpha value is -0.0500. The zero-order valence-electron chi connectivity index (χ0n) is 7.65. The monoisotopic (exact) mass is 203 g/mol. The van der Waals surface area contributed by atoms with Crippen molar-refractivity contribution in [1.29, 1.82) is 0 Å². The normalized spacial score (nSPS) is 12.0. The zero-order valence-corrected chi connectivity index (χ0v) is 9.22. The molecule has 3 heteroatoms. The maximum atomic E-state index is 5.83. The van der Waals surface area contributed by atoms with E-state index in [2.05, 4.69) is 25.2 Å². The van der Waals surface area contributed by atoms with E-state index < -0.39 is 0 Å². The summed E-state index contributed by atoms with van der Waals surface area (Å²) in [7, 11) is 1.98. The molecule has 0 unspecified atom stereocenters. The topological polar surface area (TPSA) is 12.0 Å². The molecule has 1 aromatic rings. The number of nitrogens with one attached hydrogen (secondary N) is 1. The Morgan fingerprint density at radius 1 is 1.50 bits per heavy atom. The number of hydrogen-bond acceptors (Lipinski definition) is 2. The molecule has 0 bridgehead atoms. The Morgan fingerprint density at radius 2 is 2.17 bits per heavy atom. The number of rotatable bonds is 3. The highest BCUT2D eigenvalue weighted by Gasteiger charge is 2.16. The van der Waals surface area contributed by atoms with Crippen LogP contribution in [0.1, 0.15) is 18.7 Å². The Bertz CT molecular complexity index is 255. The Morgan fingerprint density at radius 3 is 2.58 bits per heavy atom. The molecule has 0 aliphatic carbocycles. The summed E-state index contributed by atoms with van der Waals surface area (Å²) in [6.07, 6.45) is 1.03. The third-order valence-corrected chi connectivity index (χ3v) is 3.15. The van der Waals surface area contributed by atoms with Crippen molar-refractivity contribution in [1.82, 2.24) is 5.32 Å². The molecule has 0 aliphatic heterocycles. The van der Waals surface area contributed by atoms with E-state index in [1.54, 1.807) is 11.3 Å². The minimum atomic E-state index is 0.161. The van der Waals surface area contributed by atoms with E-state index in [9.17, 15) is 0 Å². The van der Waals surface area contributed by atoms with Gasteiger partial charge in [0.15, 0.2) is 0 Å². The molecular formula is C9H14ClNS. The van der Waals surface area contributed by atoms with Gasteiger partial charge < -0.3 is 5.32 Å². The minimum Gasteiger partial charge on any atom is -0.314 e. The smallest absolute Gasteiger partial charge is 0.0931 e. The van der Waals surface area contributed by atoms with Crippen LogP contribution in [0.5, 0.6) is 0 Å². The van der Waals surface area contributed by atoms with E-state index in [1.807, 2.05) is 13.1 Å². The third-order valence-electron chi connectivity index (χ3n) is 1.92. The lowest BCUT2D eigenvalue weighted by molar-refractivity contribution is 0.425. The van der Waals surface area contributed by atoms with E-state index in [0.717, 1.165) is 10.8 Å². The van der Waals surface area contributed by atoms with Crippen LogP contribution in [0.4, 0.5) is 0 Å². The Balaban J connectivity index is 2.63. The van der Waals surface area contributed by atoms with Gasteiger partial charge in [-0.2, -0.15) is 0 Å². The van der Waals surface area contributed by atoms with Gasteiger partial charge in [0, 0.05) is 10.4 Å². The van der Waals surface area contributed by atoms with Gasteiger partial charge in [-0.15, -0.1) is 11.3 Å². The summed E-state index contributed by atoms with van der Waals surface area (Å²) in [5.74, 6) is 0. The molecule has 0 atom stereocenters. The van der Waals surface area contributed by atoms with Gasteiger partial charge in [-0.25, -0.2) is 0 Å². The number of thiophene rings is 1. The van der Waals surface area contributed by atoms with Crippen LogP contribution in [-0.2, 0) is 6.42 Å². The summed E-state index contributed by atoms with van der Waals surface area (Å²) in [6.45, 7) is 4.36. The van der Waals surface area contributed by atoms with E-state index in [1.165, 1.54) is 4.88 Å². The highest BCUT2D eigenvalue weighted by Crippen LogP contribution is 2.24. The molecule has 0 aromatic carbocycles. The fourth-order valence-corrected chi connectivity index (χ4v) is 2.29. The van der Waals surface area contributed by atoms with Crippen LogP contribution in [0.15, 0.2) is 12.1 Å². The summed E-state index contributed by atoms with van der Waals surface area (Å²) in [5.41, 5.74) is 0.161. The van der Waals surface area contributed by atoms with Crippen molar-refractivity contribution in [3.05, 3.63) is 21.3 Å². The average Bonchev–Trinajstić information content (AvgIpc) is 2.35. The van der Waals surface area contributed by atoms with Crippen molar-refractivity contribution >= 4 is 22.9 Å². The van der Waals surface area contributed by atoms with Crippen molar-refractivity contribution < 1.29 is 0 Å². The molecule has 0 radical (unpaired) electrons. The second-order valence-electron chi connectivity index (χ2n) is 3.52. The summed E-state index contributed by atoms with van der Waals surface area (Å²) in [4.78, 5) is 1.33. The maximum Gasteiger partial charge on any atom is 0.0931 e. The fraction of sp³-hybridized carbons (Fsp3) is 0.556. The van der Waals surface area contributed by atoms with Crippen molar-refractivity contribution in [3.63, 3.8) is 0 Å². The van der Waals surface area contributed by atoms with Gasteiger partial charge in [0.25, 0.3) is 0 Å². The predicted octanol–water partition coefficient (Wildman–Crippen LogP) is 2.94. The van der Waals surface area contributed by atoms with Crippen LogP contribution in [0.3, 0.4) is 0 Å². The first kappa shape index (κ1) is 10.0. The van der Waals surface area contributed by atoms with Gasteiger partial charge in [-0.1, -0.05) is 11.6 Å². The van der Waals surface area contributed by atoms with Gasteiger partial charge in [0.1, 0.15) is 0 Å². The summed E-state index contributed by atoms with van der Waals surface area (Å²) < 4.78 is 0.872. The third kappa shape index (κ3) is 2.77. The van der Waals surface area contributed by atoms with Crippen LogP contribution >= 0.6 is 22.9 Å². The SMILES string of the molecule is CNC(C)(C)Cc1ccc(Cl)s1. The van der Waals surface area contributed by atoms with E-state index in [4.69, 9.17) is 11.6 Å². The van der Waals surface area contributed by atoms with Gasteiger partial charge in [0.2, 0.25) is 0 Å². The highest BCUT2D eigenvalue weighted by molar-refractivity contribution is 7.16. The molecular weight excluding hydrogens is 190 g/mol. The molecule has 1 nitrogen and oxygen atoms in total. The summed E-state index contributed by atoms with van der Waals surface area (Å²) in [6, 6.07) is 4.04. The molecule has 1 rings (SSSR count). The molecule has 0 spiro atoms. The van der Waals surface area contributed by atoms with Crippen molar-refractivity contribution in [2.45, 2.75) is 25.8 Å². The largest absolute Gasteiger partial charge is 0.314 e. The summed E-state index contributed by atoms with van der Waals surface area (Å²) in [5, 5.41) is 3.26. The highest BCUT2D eigenvalue weighted by atomic mass is 35.5. The lowest BCUT2D eigenvalue weighted by atomic mass is 10.0. The van der Waals surface area contributed by atoms with Crippen molar-refractivity contribution in [2.75, 3.05) is 7.05 Å². The molecule has 0 saturated carbocycles. The average molecular weight is 204 g/mol. The quantitative estimate of drug-likeness (QED) is 0.797. The maximum absolute atomic E-state index is 5.83. The van der Waals surface area contributed by atoms with Gasteiger partial charge in [-0.05, 0) is 39.4 Å². The first-order valence-electron chi connectivity index (χ1n) is 3.97. The predicted molar refractivity (Wildman–Crippen MR) is 56.2 cm³/mol. The van der Waals surface area contributed by atoms with Crippen LogP contribution in [-0.4, -0.2) is 12.6 Å². The molecule has 1 aromatic heterocycles. The Kier molecular flexibility index (Phi) is 3.16. The first-order valence-corrected chi connectivity index (χ1v) is 5.16. The molecule has 1 N–H and O–H groups in total. The second-order valence-corrected chi connectivity index (χ2v) is 5.32. The summed E-state index contributed by atoms with van der Waals surface area (Å²) >= 11 is 7.49. The van der Waals surface area contributed by atoms with Crippen LogP contribution in [0.2, 0.25) is 4.34 Å². The van der Waals surface area contributed by atoms with Crippen LogP contribution in [0, 0.1) is 0 Å². The van der Waals surface area contributed by atoms with Crippen LogP contribution < -0.4 is 5.32 Å². The van der Waals surface area contributed by atoms with Crippen molar-refractivity contribution in [2.24, 2.45) is 0 Å². The second kappa shape index (κ2) is 3.77. The fourth-order valence-electron chi connectivity index (χ4n) is 0.971.